The third-order valence-electron chi connectivity index (χ3n) is 2.39. The van der Waals surface area contributed by atoms with Crippen LogP contribution in [0.1, 0.15) is 12.8 Å². The average molecular weight is 333 g/mol. The van der Waals surface area contributed by atoms with Crippen LogP contribution in [-0.4, -0.2) is 19.5 Å². The van der Waals surface area contributed by atoms with E-state index in [4.69, 9.17) is 9.47 Å². The molecule has 0 aromatic heterocycles. The first kappa shape index (κ1) is 11.3. The molecule has 3 atom stereocenters. The zero-order chi connectivity index (χ0) is 8.97. The monoisotopic (exact) mass is 332 g/mol. The molecule has 0 bridgehead atoms. The van der Waals surface area contributed by atoms with Gasteiger partial charge in [0, 0.05) is 13.2 Å². The molecule has 2 rings (SSSR count). The Kier molecular flexibility index (Phi) is 5.57. The third-order valence-corrected chi connectivity index (χ3v) is 2.39. The topological polar surface area (TPSA) is 18.5 Å². The molecule has 12 heavy (non-hydrogen) atoms. The maximum atomic E-state index is 5.41. The molecule has 0 aliphatic carbocycles. The van der Waals surface area contributed by atoms with Crippen molar-refractivity contribution in [2.45, 2.75) is 19.1 Å². The fourth-order valence-corrected chi connectivity index (χ4v) is 1.75. The van der Waals surface area contributed by atoms with E-state index in [0.29, 0.717) is 11.8 Å². The summed E-state index contributed by atoms with van der Waals surface area (Å²) in [5, 5.41) is 0. The summed E-state index contributed by atoms with van der Waals surface area (Å²) in [6.07, 6.45) is 2.49. The van der Waals surface area contributed by atoms with Crippen LogP contribution in [0.5, 0.6) is 0 Å². The summed E-state index contributed by atoms with van der Waals surface area (Å²) < 4.78 is 10.8. The molecule has 0 aromatic carbocycles. The summed E-state index contributed by atoms with van der Waals surface area (Å²) in [6.45, 7) is 5.67. The summed E-state index contributed by atoms with van der Waals surface area (Å²) in [5.74, 6) is 1.04. The van der Waals surface area contributed by atoms with Crippen molar-refractivity contribution in [3.05, 3.63) is 6.92 Å². The van der Waals surface area contributed by atoms with Gasteiger partial charge in [0.15, 0.2) is 6.29 Å². The minimum atomic E-state index is 0.0799. The maximum absolute atomic E-state index is 5.41. The Hall–Kier alpha value is 1.27. The third kappa shape index (κ3) is 2.63. The van der Waals surface area contributed by atoms with Crippen LogP contribution in [-0.2, 0) is 24.3 Å². The second-order valence-electron chi connectivity index (χ2n) is 3.14. The molecule has 0 unspecified atom stereocenters. The van der Waals surface area contributed by atoms with Crippen LogP contribution >= 0.6 is 19.8 Å². The molecule has 0 amide bonds. The molecule has 2 heterocycles. The van der Waals surface area contributed by atoms with Crippen molar-refractivity contribution in [3.8, 4) is 0 Å². The zero-order valence-corrected chi connectivity index (χ0v) is 12.3. The van der Waals surface area contributed by atoms with Gasteiger partial charge in [0.25, 0.3) is 0 Å². The van der Waals surface area contributed by atoms with Crippen LogP contribution in [0.3, 0.4) is 0 Å². The SMILES string of the molecule is [CH2-][C@H]1CO[C@@H]2OCCC[C@@H]21.[Zn+][I]. The molecule has 2 aliphatic rings. The van der Waals surface area contributed by atoms with E-state index in [9.17, 15) is 0 Å². The molecule has 0 aromatic rings. The van der Waals surface area contributed by atoms with Gasteiger partial charge in [-0.2, -0.15) is 0 Å². The molecular weight excluding hydrogens is 320 g/mol. The summed E-state index contributed by atoms with van der Waals surface area (Å²) in [7, 11) is 0. The van der Waals surface area contributed by atoms with E-state index < -0.39 is 0 Å². The van der Waals surface area contributed by atoms with E-state index in [1.165, 1.54) is 27.6 Å². The first-order chi connectivity index (χ1) is 5.88. The van der Waals surface area contributed by atoms with Gasteiger partial charge in [-0.1, -0.05) is 0 Å². The van der Waals surface area contributed by atoms with Crippen molar-refractivity contribution in [3.63, 3.8) is 0 Å². The van der Waals surface area contributed by atoms with Gasteiger partial charge in [-0.05, 0) is 18.8 Å². The molecule has 2 aliphatic heterocycles. The molecule has 66 valence electrons. The summed E-state index contributed by atoms with van der Waals surface area (Å²) >= 11 is 3.62. The van der Waals surface area contributed by atoms with Crippen LogP contribution in [0.2, 0.25) is 0 Å². The first-order valence-electron chi connectivity index (χ1n) is 4.21. The number of hydrogen-bond acceptors (Lipinski definition) is 2. The van der Waals surface area contributed by atoms with Gasteiger partial charge in [0.1, 0.15) is 0 Å². The van der Waals surface area contributed by atoms with Gasteiger partial charge in [-0.3, -0.25) is 0 Å². The normalized spacial score (nSPS) is 39.8. The van der Waals surface area contributed by atoms with Crippen LogP contribution in [0.25, 0.3) is 0 Å². The molecule has 2 nitrogen and oxygen atoms in total. The van der Waals surface area contributed by atoms with Crippen molar-refractivity contribution >= 4 is 19.8 Å². The van der Waals surface area contributed by atoms with Crippen LogP contribution in [0.4, 0.5) is 0 Å². The van der Waals surface area contributed by atoms with E-state index in [0.717, 1.165) is 13.2 Å². The quantitative estimate of drug-likeness (QED) is 0.384. The second kappa shape index (κ2) is 5.89. The zero-order valence-electron chi connectivity index (χ0n) is 7.17. The predicted molar refractivity (Wildman–Crippen MR) is 51.3 cm³/mol. The Labute approximate surface area is 94.6 Å². The average Bonchev–Trinajstić information content (AvgIpc) is 2.53. The minimum absolute atomic E-state index is 0.0799. The molecule has 2 fully saturated rings. The Morgan fingerprint density at radius 2 is 2.08 bits per heavy atom. The van der Waals surface area contributed by atoms with Gasteiger partial charge < -0.3 is 16.4 Å². The van der Waals surface area contributed by atoms with Gasteiger partial charge in [-0.15, -0.1) is 5.92 Å². The van der Waals surface area contributed by atoms with Gasteiger partial charge in [0.05, 0.1) is 0 Å². The Morgan fingerprint density at radius 1 is 1.33 bits per heavy atom. The van der Waals surface area contributed by atoms with Crippen LogP contribution in [0, 0.1) is 18.8 Å². The predicted octanol–water partition coefficient (Wildman–Crippen LogP) is 2.10. The molecular formula is C8H13IO2Zn. The van der Waals surface area contributed by atoms with Crippen molar-refractivity contribution in [2.24, 2.45) is 11.8 Å². The summed E-state index contributed by atoms with van der Waals surface area (Å²) in [4.78, 5) is 0. The van der Waals surface area contributed by atoms with E-state index >= 15 is 0 Å². The number of fused-ring (bicyclic) bond motifs is 1. The van der Waals surface area contributed by atoms with Crippen molar-refractivity contribution in [2.75, 3.05) is 13.2 Å². The summed E-state index contributed by atoms with van der Waals surface area (Å²) in [6, 6.07) is 0. The van der Waals surface area contributed by atoms with Gasteiger partial charge >= 0.3 is 34.5 Å². The number of hydrogen-bond donors (Lipinski definition) is 0. The van der Waals surface area contributed by atoms with E-state index in [1.807, 2.05) is 0 Å². The van der Waals surface area contributed by atoms with Crippen molar-refractivity contribution < 1.29 is 24.3 Å². The molecule has 0 radical (unpaired) electrons. The van der Waals surface area contributed by atoms with Crippen molar-refractivity contribution in [1.29, 1.82) is 0 Å². The van der Waals surface area contributed by atoms with Crippen molar-refractivity contribution in [1.82, 2.24) is 0 Å². The van der Waals surface area contributed by atoms with E-state index in [2.05, 4.69) is 26.7 Å². The van der Waals surface area contributed by atoms with E-state index in [1.54, 1.807) is 0 Å². The first-order valence-corrected chi connectivity index (χ1v) is 13.3. The van der Waals surface area contributed by atoms with E-state index in [-0.39, 0.29) is 6.29 Å². The Bertz CT molecular complexity index is 132. The molecule has 2 saturated heterocycles. The van der Waals surface area contributed by atoms with Crippen LogP contribution in [0.15, 0.2) is 0 Å². The molecule has 0 spiro atoms. The van der Waals surface area contributed by atoms with Gasteiger partial charge in [0.2, 0.25) is 0 Å². The Morgan fingerprint density at radius 3 is 2.75 bits per heavy atom. The molecule has 0 N–H and O–H groups in total. The Balaban J connectivity index is 0.000000336. The fraction of sp³-hybridized carbons (Fsp3) is 0.875. The van der Waals surface area contributed by atoms with Gasteiger partial charge in [-0.25, -0.2) is 0 Å². The molecule has 4 heteroatoms. The summed E-state index contributed by atoms with van der Waals surface area (Å²) in [5.41, 5.74) is 0. The van der Waals surface area contributed by atoms with Crippen LogP contribution < -0.4 is 0 Å². The standard InChI is InChI=1S/C8H13O2.HI.Zn/c1-6-5-10-8-7(6)3-2-4-9-8;;/h6-8H,1-5H2;1H;/q-1;;+2/p-1/t6-,7+,8-;;/m0../s1. The number of halogens is 1. The molecule has 0 saturated carbocycles. The number of rotatable bonds is 0. The fourth-order valence-electron chi connectivity index (χ4n) is 1.75. The second-order valence-corrected chi connectivity index (χ2v) is 3.14. The number of ether oxygens (including phenoxy) is 2.